The second-order valence-electron chi connectivity index (χ2n) is 8.01. The first kappa shape index (κ1) is 21.6. The summed E-state index contributed by atoms with van der Waals surface area (Å²) in [6.07, 6.45) is 3.37. The molecule has 0 aliphatic heterocycles. The van der Waals surface area contributed by atoms with Crippen LogP contribution in [0.1, 0.15) is 15.9 Å². The molecule has 6 aromatic rings. The molecular formula is C27H16BrN3O3S. The van der Waals surface area contributed by atoms with Gasteiger partial charge in [0.1, 0.15) is 11.1 Å². The molecule has 0 radical (unpaired) electrons. The SMILES string of the molecule is O=C(c1cc2c(ccc3ccccc32)oc1=O)N(Cc1cccnc1)c1nc2ccc(Br)cc2s1. The number of benzene rings is 3. The molecule has 0 aliphatic carbocycles. The first-order chi connectivity index (χ1) is 17.1. The highest BCUT2D eigenvalue weighted by Gasteiger charge is 2.25. The first-order valence-corrected chi connectivity index (χ1v) is 12.4. The predicted molar refractivity (Wildman–Crippen MR) is 142 cm³/mol. The van der Waals surface area contributed by atoms with Crippen LogP contribution < -0.4 is 10.5 Å². The Bertz CT molecular complexity index is 1800. The van der Waals surface area contributed by atoms with E-state index in [1.165, 1.54) is 16.2 Å². The fourth-order valence-corrected chi connectivity index (χ4v) is 5.58. The topological polar surface area (TPSA) is 76.3 Å². The Morgan fingerprint density at radius 1 is 1.00 bits per heavy atom. The van der Waals surface area contributed by atoms with Crippen molar-refractivity contribution in [2.45, 2.75) is 6.54 Å². The summed E-state index contributed by atoms with van der Waals surface area (Å²) in [5.74, 6) is -0.476. The fourth-order valence-electron chi connectivity index (χ4n) is 4.07. The minimum atomic E-state index is -0.683. The fraction of sp³-hybridized carbons (Fsp3) is 0.0370. The van der Waals surface area contributed by atoms with Crippen LogP contribution in [-0.2, 0) is 6.54 Å². The molecule has 0 saturated carbocycles. The Kier molecular flexibility index (Phi) is 5.39. The van der Waals surface area contributed by atoms with Gasteiger partial charge in [-0.2, -0.15) is 0 Å². The lowest BCUT2D eigenvalue weighted by Gasteiger charge is -2.19. The molecule has 0 saturated heterocycles. The van der Waals surface area contributed by atoms with E-state index >= 15 is 0 Å². The maximum absolute atomic E-state index is 13.9. The van der Waals surface area contributed by atoms with Gasteiger partial charge in [0, 0.05) is 22.3 Å². The van der Waals surface area contributed by atoms with Crippen molar-refractivity contribution in [3.63, 3.8) is 0 Å². The molecule has 8 heteroatoms. The van der Waals surface area contributed by atoms with Gasteiger partial charge >= 0.3 is 5.63 Å². The molecule has 3 heterocycles. The summed E-state index contributed by atoms with van der Waals surface area (Å²) in [6, 6.07) is 22.5. The molecule has 0 fully saturated rings. The second-order valence-corrected chi connectivity index (χ2v) is 9.93. The molecule has 6 rings (SSSR count). The number of hydrogen-bond acceptors (Lipinski definition) is 6. The average Bonchev–Trinajstić information content (AvgIpc) is 3.30. The van der Waals surface area contributed by atoms with Crippen LogP contribution in [0.3, 0.4) is 0 Å². The van der Waals surface area contributed by atoms with Crippen LogP contribution in [0, 0.1) is 0 Å². The van der Waals surface area contributed by atoms with Crippen molar-refractivity contribution in [3.8, 4) is 0 Å². The molecule has 3 aromatic heterocycles. The summed E-state index contributed by atoms with van der Waals surface area (Å²) in [4.78, 5) is 37.2. The molecule has 1 amide bonds. The number of carbonyl (C=O) groups excluding carboxylic acids is 1. The summed E-state index contributed by atoms with van der Waals surface area (Å²) >= 11 is 4.87. The number of nitrogens with zero attached hydrogens (tertiary/aromatic N) is 3. The number of amides is 1. The van der Waals surface area contributed by atoms with E-state index in [2.05, 4.69) is 25.9 Å². The summed E-state index contributed by atoms with van der Waals surface area (Å²) in [5, 5.41) is 3.10. The van der Waals surface area contributed by atoms with Crippen LogP contribution in [0.4, 0.5) is 5.13 Å². The highest BCUT2D eigenvalue weighted by Crippen LogP contribution is 2.33. The van der Waals surface area contributed by atoms with Crippen LogP contribution in [0.25, 0.3) is 32.0 Å². The Balaban J connectivity index is 1.52. The Hall–Kier alpha value is -3.88. The highest BCUT2D eigenvalue weighted by atomic mass is 79.9. The van der Waals surface area contributed by atoms with Gasteiger partial charge in [0.2, 0.25) is 0 Å². The third kappa shape index (κ3) is 4.00. The Morgan fingerprint density at radius 3 is 2.74 bits per heavy atom. The van der Waals surface area contributed by atoms with Crippen LogP contribution in [0.2, 0.25) is 0 Å². The number of hydrogen-bond donors (Lipinski definition) is 0. The molecule has 35 heavy (non-hydrogen) atoms. The van der Waals surface area contributed by atoms with Crippen molar-refractivity contribution < 1.29 is 9.21 Å². The van der Waals surface area contributed by atoms with Crippen LogP contribution in [-0.4, -0.2) is 15.9 Å². The third-order valence-corrected chi connectivity index (χ3v) is 7.29. The number of pyridine rings is 1. The Morgan fingerprint density at radius 2 is 1.89 bits per heavy atom. The number of rotatable bonds is 4. The van der Waals surface area contributed by atoms with Gasteiger partial charge in [-0.05, 0) is 52.7 Å². The summed E-state index contributed by atoms with van der Waals surface area (Å²) in [6.45, 7) is 0.209. The molecular weight excluding hydrogens is 526 g/mol. The summed E-state index contributed by atoms with van der Waals surface area (Å²) in [7, 11) is 0. The smallest absolute Gasteiger partial charge is 0.349 e. The van der Waals surface area contributed by atoms with E-state index in [0.29, 0.717) is 16.1 Å². The number of carbonyl (C=O) groups is 1. The third-order valence-electron chi connectivity index (χ3n) is 5.75. The van der Waals surface area contributed by atoms with E-state index in [4.69, 9.17) is 4.42 Å². The molecule has 0 spiro atoms. The normalized spacial score (nSPS) is 11.3. The molecule has 3 aromatic carbocycles. The number of aromatic nitrogens is 2. The lowest BCUT2D eigenvalue weighted by Crippen LogP contribution is -2.33. The minimum absolute atomic E-state index is 0.0434. The predicted octanol–water partition coefficient (Wildman–Crippen LogP) is 6.56. The number of fused-ring (bicyclic) bond motifs is 4. The Labute approximate surface area is 211 Å². The van der Waals surface area contributed by atoms with Crippen LogP contribution in [0.5, 0.6) is 0 Å². The van der Waals surface area contributed by atoms with Gasteiger partial charge < -0.3 is 4.42 Å². The maximum atomic E-state index is 13.9. The first-order valence-electron chi connectivity index (χ1n) is 10.8. The lowest BCUT2D eigenvalue weighted by molar-refractivity contribution is 0.0981. The van der Waals surface area contributed by atoms with E-state index in [1.54, 1.807) is 24.5 Å². The van der Waals surface area contributed by atoms with E-state index in [-0.39, 0.29) is 12.1 Å². The van der Waals surface area contributed by atoms with Crippen LogP contribution >= 0.6 is 27.3 Å². The number of halogens is 1. The molecule has 170 valence electrons. The van der Waals surface area contributed by atoms with Crippen molar-refractivity contribution in [1.82, 2.24) is 9.97 Å². The molecule has 0 atom stereocenters. The molecule has 0 bridgehead atoms. The summed E-state index contributed by atoms with van der Waals surface area (Å²) < 4.78 is 7.44. The quantitative estimate of drug-likeness (QED) is 0.186. The van der Waals surface area contributed by atoms with Crippen molar-refractivity contribution in [1.29, 1.82) is 0 Å². The summed E-state index contributed by atoms with van der Waals surface area (Å²) in [5.41, 5.74) is 1.30. The zero-order valence-corrected chi connectivity index (χ0v) is 20.5. The zero-order valence-electron chi connectivity index (χ0n) is 18.1. The molecule has 0 N–H and O–H groups in total. The standard InChI is InChI=1S/C27H16BrN3O3S/c28-18-8-9-22-24(12-18)35-27(30-22)31(15-16-4-3-11-29-14-16)25(32)21-13-20-19-6-2-1-5-17(19)7-10-23(20)34-26(21)33/h1-14H,15H2. The highest BCUT2D eigenvalue weighted by molar-refractivity contribution is 9.10. The van der Waals surface area contributed by atoms with Gasteiger partial charge in [0.25, 0.3) is 5.91 Å². The molecule has 6 nitrogen and oxygen atoms in total. The van der Waals surface area contributed by atoms with E-state index in [1.807, 2.05) is 60.7 Å². The van der Waals surface area contributed by atoms with Crippen molar-refractivity contribution in [2.75, 3.05) is 4.90 Å². The van der Waals surface area contributed by atoms with Gasteiger partial charge in [0.05, 0.1) is 16.8 Å². The van der Waals surface area contributed by atoms with Crippen molar-refractivity contribution in [3.05, 3.63) is 111 Å². The minimum Gasteiger partial charge on any atom is -0.422 e. The molecule has 0 unspecified atom stereocenters. The number of thiazole rings is 1. The largest absolute Gasteiger partial charge is 0.422 e. The monoisotopic (exact) mass is 541 g/mol. The van der Waals surface area contributed by atoms with E-state index < -0.39 is 11.5 Å². The van der Waals surface area contributed by atoms with Gasteiger partial charge in [-0.25, -0.2) is 9.78 Å². The zero-order chi connectivity index (χ0) is 23.9. The maximum Gasteiger partial charge on any atom is 0.349 e. The van der Waals surface area contributed by atoms with Gasteiger partial charge in [-0.15, -0.1) is 0 Å². The number of anilines is 1. The lowest BCUT2D eigenvalue weighted by atomic mass is 10.0. The van der Waals surface area contributed by atoms with E-state index in [9.17, 15) is 9.59 Å². The van der Waals surface area contributed by atoms with Gasteiger partial charge in [0.15, 0.2) is 5.13 Å². The molecule has 0 aliphatic rings. The van der Waals surface area contributed by atoms with Crippen molar-refractivity contribution >= 4 is 70.3 Å². The van der Waals surface area contributed by atoms with E-state index in [0.717, 1.165) is 31.0 Å². The second kappa shape index (κ2) is 8.72. The average molecular weight is 542 g/mol. The van der Waals surface area contributed by atoms with Crippen LogP contribution in [0.15, 0.2) is 98.9 Å². The van der Waals surface area contributed by atoms with Gasteiger partial charge in [-0.3, -0.25) is 14.7 Å². The van der Waals surface area contributed by atoms with Gasteiger partial charge in [-0.1, -0.05) is 63.7 Å². The van der Waals surface area contributed by atoms with Crippen molar-refractivity contribution in [2.24, 2.45) is 0 Å².